The number of halogens is 2. The monoisotopic (exact) mass is 461 g/mol. The maximum absolute atomic E-state index is 13.1. The van der Waals surface area contributed by atoms with Gasteiger partial charge in [0.05, 0.1) is 15.6 Å². The maximum Gasteiger partial charge on any atom is 0.269 e. The number of hydrazine groups is 1. The lowest BCUT2D eigenvalue weighted by molar-refractivity contribution is 0.0846. The van der Waals surface area contributed by atoms with E-state index in [1.54, 1.807) is 31.2 Å². The maximum atomic E-state index is 13.1. The third-order valence-corrected chi connectivity index (χ3v) is 5.99. The molecule has 0 aromatic heterocycles. The highest BCUT2D eigenvalue weighted by atomic mass is 35.5. The summed E-state index contributed by atoms with van der Waals surface area (Å²) in [5.74, 6) is -1.76. The minimum Gasteiger partial charge on any atom is -0.278 e. The summed E-state index contributed by atoms with van der Waals surface area (Å²) in [6.07, 6.45) is 0. The van der Waals surface area contributed by atoms with Gasteiger partial charge in [0.15, 0.2) is 0 Å². The van der Waals surface area contributed by atoms with Crippen LogP contribution in [0.2, 0.25) is 5.02 Å². The molecule has 7 nitrogen and oxygen atoms in total. The molecule has 3 aromatic rings. The standard InChI is InChI=1S/C21H17ClFN3O4S/c1-13-4-2-3-5-17(13)21(28)25-24-20(27)14-6-11-18(22)19(12-14)26-31(29,30)16-9-7-15(23)8-10-16/h2-12,26H,1H3,(H,24,27)(H,25,28). The van der Waals surface area contributed by atoms with E-state index in [4.69, 9.17) is 11.6 Å². The van der Waals surface area contributed by atoms with Gasteiger partial charge in [0.25, 0.3) is 21.8 Å². The van der Waals surface area contributed by atoms with Crippen molar-refractivity contribution < 1.29 is 22.4 Å². The molecular formula is C21H17ClFN3O4S. The topological polar surface area (TPSA) is 104 Å². The Morgan fingerprint density at radius 1 is 0.903 bits per heavy atom. The first-order valence-corrected chi connectivity index (χ1v) is 10.8. The first-order chi connectivity index (χ1) is 14.7. The molecule has 0 bridgehead atoms. The van der Waals surface area contributed by atoms with Crippen LogP contribution in [0.5, 0.6) is 0 Å². The van der Waals surface area contributed by atoms with E-state index in [0.29, 0.717) is 5.56 Å². The molecular weight excluding hydrogens is 445 g/mol. The van der Waals surface area contributed by atoms with Crippen molar-refractivity contribution in [2.75, 3.05) is 4.72 Å². The molecule has 0 heterocycles. The van der Waals surface area contributed by atoms with Gasteiger partial charge in [0, 0.05) is 11.1 Å². The molecule has 3 aromatic carbocycles. The van der Waals surface area contributed by atoms with Crippen molar-refractivity contribution in [3.05, 3.63) is 94.3 Å². The first kappa shape index (κ1) is 22.3. The third kappa shape index (κ3) is 5.39. The number of amides is 2. The normalized spacial score (nSPS) is 10.9. The molecule has 0 aliphatic heterocycles. The van der Waals surface area contributed by atoms with Gasteiger partial charge in [0.1, 0.15) is 5.82 Å². The van der Waals surface area contributed by atoms with Crippen LogP contribution in [0.3, 0.4) is 0 Å². The number of nitrogens with one attached hydrogen (secondary N) is 3. The average Bonchev–Trinajstić information content (AvgIpc) is 2.74. The summed E-state index contributed by atoms with van der Waals surface area (Å²) >= 11 is 6.06. The van der Waals surface area contributed by atoms with Crippen LogP contribution in [0, 0.1) is 12.7 Å². The van der Waals surface area contributed by atoms with E-state index in [2.05, 4.69) is 15.6 Å². The number of anilines is 1. The second-order valence-corrected chi connectivity index (χ2v) is 8.57. The number of hydrogen-bond donors (Lipinski definition) is 3. The van der Waals surface area contributed by atoms with Gasteiger partial charge in [-0.2, -0.15) is 0 Å². The molecule has 0 atom stereocenters. The molecule has 0 fully saturated rings. The SMILES string of the molecule is Cc1ccccc1C(=O)NNC(=O)c1ccc(Cl)c(NS(=O)(=O)c2ccc(F)cc2)c1. The van der Waals surface area contributed by atoms with E-state index in [0.717, 1.165) is 29.8 Å². The smallest absolute Gasteiger partial charge is 0.269 e. The number of aryl methyl sites for hydroxylation is 1. The summed E-state index contributed by atoms with van der Waals surface area (Å²) in [6.45, 7) is 1.76. The van der Waals surface area contributed by atoms with Crippen molar-refractivity contribution in [1.29, 1.82) is 0 Å². The van der Waals surface area contributed by atoms with Gasteiger partial charge >= 0.3 is 0 Å². The summed E-state index contributed by atoms with van der Waals surface area (Å²) < 4.78 is 40.3. The quantitative estimate of drug-likeness (QED) is 0.504. The van der Waals surface area contributed by atoms with Crippen LogP contribution in [-0.2, 0) is 10.0 Å². The van der Waals surface area contributed by atoms with Gasteiger partial charge in [-0.3, -0.25) is 25.2 Å². The molecule has 160 valence electrons. The van der Waals surface area contributed by atoms with E-state index >= 15 is 0 Å². The van der Waals surface area contributed by atoms with Gasteiger partial charge in [-0.1, -0.05) is 29.8 Å². The minimum absolute atomic E-state index is 0.0474. The second-order valence-electron chi connectivity index (χ2n) is 6.48. The summed E-state index contributed by atoms with van der Waals surface area (Å²) in [4.78, 5) is 24.5. The number of sulfonamides is 1. The Labute approximate surface area is 183 Å². The zero-order valence-corrected chi connectivity index (χ0v) is 17.7. The zero-order chi connectivity index (χ0) is 22.6. The lowest BCUT2D eigenvalue weighted by Gasteiger charge is -2.12. The molecule has 31 heavy (non-hydrogen) atoms. The molecule has 0 saturated heterocycles. The van der Waals surface area contributed by atoms with Crippen molar-refractivity contribution in [1.82, 2.24) is 10.9 Å². The Bertz CT molecular complexity index is 1250. The van der Waals surface area contributed by atoms with Crippen LogP contribution in [0.4, 0.5) is 10.1 Å². The first-order valence-electron chi connectivity index (χ1n) is 8.91. The van der Waals surface area contributed by atoms with Crippen molar-refractivity contribution in [2.24, 2.45) is 0 Å². The van der Waals surface area contributed by atoms with Crippen molar-refractivity contribution >= 4 is 39.1 Å². The van der Waals surface area contributed by atoms with Crippen LogP contribution in [0.25, 0.3) is 0 Å². The molecule has 2 amide bonds. The molecule has 3 N–H and O–H groups in total. The van der Waals surface area contributed by atoms with Crippen LogP contribution >= 0.6 is 11.6 Å². The number of benzene rings is 3. The van der Waals surface area contributed by atoms with E-state index in [1.165, 1.54) is 18.2 Å². The highest BCUT2D eigenvalue weighted by molar-refractivity contribution is 7.92. The zero-order valence-electron chi connectivity index (χ0n) is 16.1. The van der Waals surface area contributed by atoms with Gasteiger partial charge in [-0.15, -0.1) is 0 Å². The highest BCUT2D eigenvalue weighted by Crippen LogP contribution is 2.26. The molecule has 0 unspecified atom stereocenters. The summed E-state index contributed by atoms with van der Waals surface area (Å²) in [5.41, 5.74) is 5.70. The fourth-order valence-electron chi connectivity index (χ4n) is 2.64. The fraction of sp³-hybridized carbons (Fsp3) is 0.0476. The molecule has 3 rings (SSSR count). The summed E-state index contributed by atoms with van der Waals surface area (Å²) in [6, 6.07) is 15.0. The van der Waals surface area contributed by atoms with Crippen molar-refractivity contribution in [3.63, 3.8) is 0 Å². The Balaban J connectivity index is 1.74. The van der Waals surface area contributed by atoms with E-state index in [9.17, 15) is 22.4 Å². The summed E-state index contributed by atoms with van der Waals surface area (Å²) in [5, 5.41) is 0.0474. The van der Waals surface area contributed by atoms with E-state index in [-0.39, 0.29) is 21.2 Å². The largest absolute Gasteiger partial charge is 0.278 e. The Morgan fingerprint density at radius 3 is 2.23 bits per heavy atom. The van der Waals surface area contributed by atoms with Crippen molar-refractivity contribution in [3.8, 4) is 0 Å². The number of carbonyl (C=O) groups excluding carboxylic acids is 2. The molecule has 0 spiro atoms. The Kier molecular flexibility index (Phi) is 6.57. The van der Waals surface area contributed by atoms with E-state index in [1.807, 2.05) is 0 Å². The molecule has 0 saturated carbocycles. The Morgan fingerprint density at radius 2 is 1.55 bits per heavy atom. The highest BCUT2D eigenvalue weighted by Gasteiger charge is 2.18. The van der Waals surface area contributed by atoms with Gasteiger partial charge in [0.2, 0.25) is 0 Å². The predicted octanol–water partition coefficient (Wildman–Crippen LogP) is 3.66. The fourth-order valence-corrected chi connectivity index (χ4v) is 3.93. The van der Waals surface area contributed by atoms with Gasteiger partial charge in [-0.25, -0.2) is 12.8 Å². The van der Waals surface area contributed by atoms with Crippen LogP contribution in [0.15, 0.2) is 71.6 Å². The van der Waals surface area contributed by atoms with Crippen LogP contribution in [0.1, 0.15) is 26.3 Å². The minimum atomic E-state index is -4.06. The predicted molar refractivity (Wildman–Crippen MR) is 115 cm³/mol. The Hall–Kier alpha value is -3.43. The van der Waals surface area contributed by atoms with Crippen molar-refractivity contribution in [2.45, 2.75) is 11.8 Å². The average molecular weight is 462 g/mol. The number of hydrogen-bond acceptors (Lipinski definition) is 4. The van der Waals surface area contributed by atoms with Crippen LogP contribution in [-0.4, -0.2) is 20.2 Å². The third-order valence-electron chi connectivity index (χ3n) is 4.28. The molecule has 10 heteroatoms. The van der Waals surface area contributed by atoms with E-state index < -0.39 is 27.7 Å². The summed E-state index contributed by atoms with van der Waals surface area (Å²) in [7, 11) is -4.06. The number of rotatable bonds is 5. The van der Waals surface area contributed by atoms with Gasteiger partial charge < -0.3 is 0 Å². The lowest BCUT2D eigenvalue weighted by atomic mass is 10.1. The lowest BCUT2D eigenvalue weighted by Crippen LogP contribution is -2.41. The van der Waals surface area contributed by atoms with Gasteiger partial charge in [-0.05, 0) is 61.0 Å². The molecule has 0 aliphatic carbocycles. The second kappa shape index (κ2) is 9.15. The molecule has 0 radical (unpaired) electrons. The number of carbonyl (C=O) groups is 2. The molecule has 0 aliphatic rings. The van der Waals surface area contributed by atoms with Crippen LogP contribution < -0.4 is 15.6 Å².